The van der Waals surface area contributed by atoms with E-state index < -0.39 is 0 Å². The Morgan fingerprint density at radius 1 is 1.41 bits per heavy atom. The van der Waals surface area contributed by atoms with Crippen molar-refractivity contribution in [3.05, 3.63) is 0 Å². The summed E-state index contributed by atoms with van der Waals surface area (Å²) in [5, 5.41) is 0. The van der Waals surface area contributed by atoms with E-state index >= 15 is 0 Å². The van der Waals surface area contributed by atoms with Gasteiger partial charge in [0.05, 0.1) is 24.2 Å². The van der Waals surface area contributed by atoms with Crippen molar-refractivity contribution in [2.75, 3.05) is 33.4 Å². The lowest BCUT2D eigenvalue weighted by molar-refractivity contribution is -0.148. The summed E-state index contributed by atoms with van der Waals surface area (Å²) in [4.78, 5) is 13.9. The fourth-order valence-electron chi connectivity index (χ4n) is 1.24. The van der Waals surface area contributed by atoms with Gasteiger partial charge in [0.15, 0.2) is 0 Å². The van der Waals surface area contributed by atoms with E-state index in [0.29, 0.717) is 31.1 Å². The molecule has 0 aliphatic rings. The van der Waals surface area contributed by atoms with Crippen LogP contribution in [0.1, 0.15) is 20.3 Å². The normalized spacial score (nSPS) is 10.9. The first-order chi connectivity index (χ1) is 7.95. The van der Waals surface area contributed by atoms with Crippen molar-refractivity contribution >= 4 is 23.2 Å². The summed E-state index contributed by atoms with van der Waals surface area (Å²) in [5.74, 6) is -0.237. The Labute approximate surface area is 108 Å². The highest BCUT2D eigenvalue weighted by Crippen LogP contribution is 1.96. The Morgan fingerprint density at radius 3 is 2.53 bits per heavy atom. The van der Waals surface area contributed by atoms with E-state index in [1.54, 1.807) is 7.11 Å². The van der Waals surface area contributed by atoms with Crippen molar-refractivity contribution in [3.8, 4) is 0 Å². The first-order valence-corrected chi connectivity index (χ1v) is 6.05. The summed E-state index contributed by atoms with van der Waals surface area (Å²) in [5.41, 5.74) is 5.44. The molecule has 100 valence electrons. The molecule has 0 fully saturated rings. The lowest BCUT2D eigenvalue weighted by Gasteiger charge is -2.21. The largest absolute Gasteiger partial charge is 0.462 e. The van der Waals surface area contributed by atoms with Crippen LogP contribution in [-0.4, -0.2) is 55.3 Å². The van der Waals surface area contributed by atoms with Crippen LogP contribution in [0.15, 0.2) is 0 Å². The van der Waals surface area contributed by atoms with E-state index in [4.69, 9.17) is 27.4 Å². The van der Waals surface area contributed by atoms with Gasteiger partial charge in [-0.2, -0.15) is 0 Å². The SMILES string of the molecule is COCCN(CCC(N)=S)CC(=O)OC(C)C. The molecule has 0 rings (SSSR count). The van der Waals surface area contributed by atoms with Gasteiger partial charge in [0.25, 0.3) is 0 Å². The topological polar surface area (TPSA) is 64.8 Å². The van der Waals surface area contributed by atoms with Gasteiger partial charge in [0, 0.05) is 26.6 Å². The van der Waals surface area contributed by atoms with Gasteiger partial charge in [-0.3, -0.25) is 9.69 Å². The van der Waals surface area contributed by atoms with Crippen LogP contribution in [0.25, 0.3) is 0 Å². The first kappa shape index (κ1) is 16.3. The van der Waals surface area contributed by atoms with Gasteiger partial charge in [-0.1, -0.05) is 12.2 Å². The summed E-state index contributed by atoms with van der Waals surface area (Å²) >= 11 is 4.81. The molecule has 0 saturated carbocycles. The molecule has 0 bridgehead atoms. The second kappa shape index (κ2) is 9.32. The summed E-state index contributed by atoms with van der Waals surface area (Å²) in [6, 6.07) is 0. The summed E-state index contributed by atoms with van der Waals surface area (Å²) in [6.07, 6.45) is 0.496. The van der Waals surface area contributed by atoms with Crippen LogP contribution in [-0.2, 0) is 14.3 Å². The molecule has 0 aliphatic heterocycles. The molecule has 0 amide bonds. The zero-order valence-corrected chi connectivity index (χ0v) is 11.6. The highest BCUT2D eigenvalue weighted by Gasteiger charge is 2.12. The van der Waals surface area contributed by atoms with Crippen LogP contribution < -0.4 is 5.73 Å². The third kappa shape index (κ3) is 10.2. The van der Waals surface area contributed by atoms with Crippen LogP contribution in [0, 0.1) is 0 Å². The molecular weight excluding hydrogens is 240 g/mol. The predicted octanol–water partition coefficient (Wildman–Crippen LogP) is 0.563. The Hall–Kier alpha value is -0.720. The van der Waals surface area contributed by atoms with E-state index in [-0.39, 0.29) is 18.6 Å². The molecule has 5 nitrogen and oxygen atoms in total. The third-order valence-electron chi connectivity index (χ3n) is 2.01. The number of ether oxygens (including phenoxy) is 2. The molecule has 0 aromatic heterocycles. The number of hydrogen-bond donors (Lipinski definition) is 1. The zero-order chi connectivity index (χ0) is 13.3. The number of methoxy groups -OCH3 is 1. The fourth-order valence-corrected chi connectivity index (χ4v) is 1.33. The van der Waals surface area contributed by atoms with E-state index in [1.807, 2.05) is 18.7 Å². The average Bonchev–Trinajstić information content (AvgIpc) is 2.20. The smallest absolute Gasteiger partial charge is 0.320 e. The highest BCUT2D eigenvalue weighted by molar-refractivity contribution is 7.80. The van der Waals surface area contributed by atoms with Crippen LogP contribution >= 0.6 is 12.2 Å². The lowest BCUT2D eigenvalue weighted by Crippen LogP contribution is -2.36. The molecule has 0 radical (unpaired) electrons. The standard InChI is InChI=1S/C11H22N2O3S/c1-9(2)16-11(14)8-13(6-7-15-3)5-4-10(12)17/h9H,4-8H2,1-3H3,(H2,12,17). The maximum atomic E-state index is 11.5. The van der Waals surface area contributed by atoms with Gasteiger partial charge in [-0.25, -0.2) is 0 Å². The summed E-state index contributed by atoms with van der Waals surface area (Å²) < 4.78 is 10.1. The van der Waals surface area contributed by atoms with Crippen molar-refractivity contribution in [3.63, 3.8) is 0 Å². The number of carbonyl (C=O) groups excluding carboxylic acids is 1. The number of nitrogens with zero attached hydrogens (tertiary/aromatic N) is 1. The van der Waals surface area contributed by atoms with Crippen LogP contribution in [0.2, 0.25) is 0 Å². The number of hydrogen-bond acceptors (Lipinski definition) is 5. The molecule has 0 atom stereocenters. The molecule has 17 heavy (non-hydrogen) atoms. The van der Waals surface area contributed by atoms with Crippen molar-refractivity contribution in [2.24, 2.45) is 5.73 Å². The molecule has 0 heterocycles. The molecule has 0 saturated heterocycles. The van der Waals surface area contributed by atoms with Gasteiger partial charge in [-0.05, 0) is 13.8 Å². The van der Waals surface area contributed by atoms with Crippen LogP contribution in [0.5, 0.6) is 0 Å². The third-order valence-corrected chi connectivity index (χ3v) is 2.21. The Kier molecular flexibility index (Phi) is 8.93. The molecule has 0 spiro atoms. The van der Waals surface area contributed by atoms with Crippen LogP contribution in [0.3, 0.4) is 0 Å². The second-order valence-electron chi connectivity index (χ2n) is 4.02. The van der Waals surface area contributed by atoms with Crippen molar-refractivity contribution in [1.82, 2.24) is 4.90 Å². The van der Waals surface area contributed by atoms with Crippen molar-refractivity contribution in [2.45, 2.75) is 26.4 Å². The number of carbonyl (C=O) groups is 1. The predicted molar refractivity (Wildman–Crippen MR) is 70.9 cm³/mol. The number of esters is 1. The van der Waals surface area contributed by atoms with Gasteiger partial charge in [-0.15, -0.1) is 0 Å². The molecule has 0 aromatic rings. The van der Waals surface area contributed by atoms with Crippen LogP contribution in [0.4, 0.5) is 0 Å². The lowest BCUT2D eigenvalue weighted by atomic mass is 10.3. The number of nitrogens with two attached hydrogens (primary N) is 1. The second-order valence-corrected chi connectivity index (χ2v) is 4.55. The molecule has 6 heteroatoms. The molecule has 0 unspecified atom stereocenters. The average molecular weight is 262 g/mol. The number of rotatable bonds is 9. The highest BCUT2D eigenvalue weighted by atomic mass is 32.1. The van der Waals surface area contributed by atoms with E-state index in [2.05, 4.69) is 0 Å². The van der Waals surface area contributed by atoms with Crippen molar-refractivity contribution in [1.29, 1.82) is 0 Å². The maximum absolute atomic E-state index is 11.5. The van der Waals surface area contributed by atoms with E-state index in [9.17, 15) is 4.79 Å². The molecular formula is C11H22N2O3S. The minimum absolute atomic E-state index is 0.0950. The minimum Gasteiger partial charge on any atom is -0.462 e. The molecule has 0 aliphatic carbocycles. The summed E-state index contributed by atoms with van der Waals surface area (Å²) in [7, 11) is 1.62. The zero-order valence-electron chi connectivity index (χ0n) is 10.8. The molecule has 2 N–H and O–H groups in total. The Balaban J connectivity index is 4.07. The number of thiocarbonyl (C=S) groups is 1. The van der Waals surface area contributed by atoms with Crippen molar-refractivity contribution < 1.29 is 14.3 Å². The Bertz CT molecular complexity index is 247. The van der Waals surface area contributed by atoms with Gasteiger partial charge < -0.3 is 15.2 Å². The quantitative estimate of drug-likeness (QED) is 0.484. The van der Waals surface area contributed by atoms with E-state index in [1.165, 1.54) is 0 Å². The van der Waals surface area contributed by atoms with E-state index in [0.717, 1.165) is 0 Å². The van der Waals surface area contributed by atoms with Gasteiger partial charge in [0.1, 0.15) is 0 Å². The Morgan fingerprint density at radius 2 is 2.06 bits per heavy atom. The monoisotopic (exact) mass is 262 g/mol. The first-order valence-electron chi connectivity index (χ1n) is 5.64. The molecule has 0 aromatic carbocycles. The fraction of sp³-hybridized carbons (Fsp3) is 0.818. The summed E-state index contributed by atoms with van der Waals surface area (Å²) in [6.45, 7) is 5.76. The van der Waals surface area contributed by atoms with Gasteiger partial charge in [0.2, 0.25) is 0 Å². The minimum atomic E-state index is -0.237. The van der Waals surface area contributed by atoms with Gasteiger partial charge >= 0.3 is 5.97 Å². The maximum Gasteiger partial charge on any atom is 0.320 e.